The number of benzene rings is 3. The Labute approximate surface area is 760 Å². The SMILES string of the molecule is CCCC[C@H]1C(=O)N(C)[C@@H](CCCC)C(=O)N[C@@H](CC(C)C)C(=O)N[C@H](C(=O)NCC(N)=O)CSCC(=O)N[C@@H](Cc2ccc(O)cc2)C(=O)N(C)[C@@H](C)C(=O)N[C@@H](CC(N)=O)C(=O)N2CCC[C@H]2C(=O)N[C@@H](CN)C(=O)N[C@@H](CC(C)(C)C)C(=O)N2C[C@H](O)C[C@H]2C(=O)N[C@@H](Cc2c[nH]c3ccccc23)C(=O)N[C@@H](CC)C(=O)N[C@@H](Cc2c[nH]c3ccccc23)C(=O)N1C. The fraction of sp³-hybridized carbons (Fsp3) is 0.567. The number of nitrogens with zero attached hydrogens (tertiary/aromatic N) is 5. The molecule has 0 bridgehead atoms. The number of thioether (sulfide) groups is 1. The standard InChI is InChI=1S/C90H130N20O19S/c1-13-16-27-69-82(122)99-61(35-49(4)5)79(119)105-68(77(117)96-45-74(93)114)47-130-48-75(115)97-63(36-51-30-32-54(111)33-31-51)85(125)106(10)50(6)76(116)101-65(40-73(92)113)87(127)109-34-22-29-70(109)83(123)104-67(42-91)81(121)103-66(41-90(7,8)9)88(128)110-46-55(112)39-72(110)84(124)100-62(37-52-43-94-59-25-20-18-23-56(52)59)80(120)98-58(15-3)78(118)102-64(38-53-44-95-60-26-21-19-24-57(53)60)86(126)108(12)71(28-17-14-2)89(129)107(69)11/h18-21,23-26,30-33,43-44,49-50,55,58,61-72,94-95,111-112H,13-17,22,27-29,34-42,45-48,91H2,1-12H3,(H2,92,113)(H2,93,114)(H,96,117)(H,97,115)(H,98,120)(H,99,122)(H,100,124)(H,101,116)(H,102,118)(H,103,121)(H,104,123)(H,105,119)/t50-,55+,58-,61-,62-,63-,64-,65-,66-,67-,68-,69-,70-,71-,72-/m0/s1. The third kappa shape index (κ3) is 28.4. The molecule has 3 aliphatic heterocycles. The van der Waals surface area contributed by atoms with E-state index in [1.807, 2.05) is 32.0 Å². The van der Waals surface area contributed by atoms with E-state index in [4.69, 9.17) is 17.2 Å². The monoisotopic (exact) mass is 1830 g/mol. The molecule has 8 rings (SSSR count). The third-order valence-electron chi connectivity index (χ3n) is 23.6. The van der Waals surface area contributed by atoms with Crippen LogP contribution in [0.15, 0.2) is 85.2 Å². The van der Waals surface area contributed by atoms with Gasteiger partial charge in [-0.3, -0.25) is 81.5 Å². The van der Waals surface area contributed by atoms with Gasteiger partial charge in [0.15, 0.2) is 0 Å². The van der Waals surface area contributed by atoms with E-state index >= 15 is 33.6 Å². The van der Waals surface area contributed by atoms with Crippen molar-refractivity contribution in [1.82, 2.24) is 87.6 Å². The number of nitrogens with one attached hydrogen (secondary N) is 12. The predicted molar refractivity (Wildman–Crippen MR) is 485 cm³/mol. The Balaban J connectivity index is 1.18. The van der Waals surface area contributed by atoms with Gasteiger partial charge in [0, 0.05) is 106 Å². The molecule has 0 radical (unpaired) electrons. The molecule has 0 unspecified atom stereocenters. The number of aliphatic hydroxyl groups excluding tert-OH is 1. The number of hydrogen-bond acceptors (Lipinski definition) is 21. The quantitative estimate of drug-likeness (QED) is 0.0421. The molecule has 5 heterocycles. The zero-order chi connectivity index (χ0) is 95.7. The van der Waals surface area contributed by atoms with E-state index in [1.165, 1.54) is 62.1 Å². The van der Waals surface area contributed by atoms with E-state index in [1.54, 1.807) is 84.3 Å². The average Bonchev–Trinajstić information content (AvgIpc) is 1.59. The first-order valence-corrected chi connectivity index (χ1v) is 45.5. The van der Waals surface area contributed by atoms with Gasteiger partial charge in [0.2, 0.25) is 100 Å². The number of amides is 17. The lowest BCUT2D eigenvalue weighted by Gasteiger charge is -2.36. The summed E-state index contributed by atoms with van der Waals surface area (Å²) in [4.78, 5) is 261. The topological polar surface area (TPSA) is 577 Å². The molecule has 3 saturated heterocycles. The Morgan fingerprint density at radius 2 is 1.05 bits per heavy atom. The summed E-state index contributed by atoms with van der Waals surface area (Å²) in [7, 11) is 4.04. The van der Waals surface area contributed by atoms with Gasteiger partial charge < -0.3 is 115 Å². The Hall–Kier alpha value is -12.2. The number of likely N-dealkylation sites (N-methyl/N-ethyl adjacent to an activating group) is 3. The number of carbonyl (C=O) groups excluding carboxylic acids is 17. The van der Waals surface area contributed by atoms with Crippen LogP contribution in [0, 0.1) is 11.3 Å². The molecule has 39 nitrogen and oxygen atoms in total. The maximum absolute atomic E-state index is 15.8. The second-order valence-electron chi connectivity index (χ2n) is 35.4. The molecular weight excluding hydrogens is 1700 g/mol. The summed E-state index contributed by atoms with van der Waals surface area (Å²) in [6, 6.07) is -0.607. The van der Waals surface area contributed by atoms with Crippen molar-refractivity contribution < 1.29 is 91.7 Å². The Morgan fingerprint density at radius 1 is 0.546 bits per heavy atom. The highest BCUT2D eigenvalue weighted by molar-refractivity contribution is 8.00. The summed E-state index contributed by atoms with van der Waals surface area (Å²) in [6.45, 7) is 13.7. The fourth-order valence-corrected chi connectivity index (χ4v) is 17.2. The molecule has 0 aliphatic carbocycles. The second kappa shape index (κ2) is 47.9. The Bertz CT molecular complexity index is 4880. The summed E-state index contributed by atoms with van der Waals surface area (Å²) in [5.74, 6) is -16.4. The molecule has 3 fully saturated rings. The van der Waals surface area contributed by atoms with Crippen molar-refractivity contribution in [2.45, 2.75) is 256 Å². The lowest BCUT2D eigenvalue weighted by atomic mass is 9.87. The highest BCUT2D eigenvalue weighted by atomic mass is 32.2. The van der Waals surface area contributed by atoms with Gasteiger partial charge >= 0.3 is 0 Å². The van der Waals surface area contributed by atoms with Crippen LogP contribution in [0.25, 0.3) is 21.8 Å². The van der Waals surface area contributed by atoms with Crippen LogP contribution in [0.1, 0.15) is 162 Å². The summed E-state index contributed by atoms with van der Waals surface area (Å²) in [6.07, 6.45) is 2.16. The maximum atomic E-state index is 15.8. The number of nitrogens with two attached hydrogens (primary N) is 3. The number of aromatic nitrogens is 2. The van der Waals surface area contributed by atoms with E-state index in [0.717, 1.165) is 26.5 Å². The summed E-state index contributed by atoms with van der Waals surface area (Å²) >= 11 is 0.805. The number of aromatic amines is 2. The number of H-pyrrole nitrogens is 2. The van der Waals surface area contributed by atoms with E-state index in [9.17, 15) is 58.2 Å². The van der Waals surface area contributed by atoms with Crippen LogP contribution in [-0.4, -0.2) is 295 Å². The number of phenols is 1. The first kappa shape index (κ1) is 103. The Morgan fingerprint density at radius 3 is 1.64 bits per heavy atom. The van der Waals surface area contributed by atoms with Gasteiger partial charge in [-0.2, -0.15) is 0 Å². The van der Waals surface area contributed by atoms with Crippen LogP contribution in [0.2, 0.25) is 0 Å². The molecule has 710 valence electrons. The average molecular weight is 1830 g/mol. The number of phenolic OH excluding ortho intramolecular Hbond substituents is 1. The lowest BCUT2D eigenvalue weighted by Crippen LogP contribution is -2.62. The maximum Gasteiger partial charge on any atom is 0.246 e. The summed E-state index contributed by atoms with van der Waals surface area (Å²) in [5.41, 5.74) is 19.5. The smallest absolute Gasteiger partial charge is 0.246 e. The van der Waals surface area contributed by atoms with Crippen molar-refractivity contribution in [3.05, 3.63) is 102 Å². The van der Waals surface area contributed by atoms with Crippen molar-refractivity contribution in [3.63, 3.8) is 0 Å². The lowest BCUT2D eigenvalue weighted by molar-refractivity contribution is -0.149. The molecule has 17 amide bonds. The van der Waals surface area contributed by atoms with Crippen molar-refractivity contribution >= 4 is 134 Å². The fourth-order valence-electron chi connectivity index (χ4n) is 16.4. The number of para-hydroxylation sites is 2. The first-order chi connectivity index (χ1) is 61.6. The van der Waals surface area contributed by atoms with E-state index < -0.39 is 228 Å². The van der Waals surface area contributed by atoms with Crippen LogP contribution >= 0.6 is 11.8 Å². The van der Waals surface area contributed by atoms with Gasteiger partial charge in [0.25, 0.3) is 0 Å². The highest BCUT2D eigenvalue weighted by Gasteiger charge is 2.47. The van der Waals surface area contributed by atoms with Crippen molar-refractivity contribution in [1.29, 1.82) is 0 Å². The minimum Gasteiger partial charge on any atom is -0.508 e. The Kier molecular flexibility index (Phi) is 38.0. The third-order valence-corrected chi connectivity index (χ3v) is 24.7. The largest absolute Gasteiger partial charge is 0.508 e. The molecular formula is C90H130N20O19S. The number of aromatic hydroxyl groups is 1. The van der Waals surface area contributed by atoms with E-state index in [2.05, 4.69) is 63.1 Å². The molecule has 3 aromatic carbocycles. The molecule has 2 aromatic heterocycles. The van der Waals surface area contributed by atoms with Crippen LogP contribution in [-0.2, 0) is 101 Å². The van der Waals surface area contributed by atoms with Gasteiger partial charge in [-0.05, 0) is 104 Å². The molecule has 3 aliphatic rings. The zero-order valence-electron chi connectivity index (χ0n) is 76.1. The number of aliphatic hydroxyl groups is 1. The van der Waals surface area contributed by atoms with Crippen LogP contribution in [0.5, 0.6) is 5.75 Å². The van der Waals surface area contributed by atoms with Crippen LogP contribution < -0.4 is 70.4 Å². The number of unbranched alkanes of at least 4 members (excludes halogenated alkanes) is 2. The molecule has 20 N–H and O–H groups in total. The highest BCUT2D eigenvalue weighted by Crippen LogP contribution is 2.30. The molecule has 15 atom stereocenters. The summed E-state index contributed by atoms with van der Waals surface area (Å²) < 4.78 is 0. The van der Waals surface area contributed by atoms with Gasteiger partial charge in [-0.1, -0.05) is 130 Å². The van der Waals surface area contributed by atoms with E-state index in [0.29, 0.717) is 64.2 Å². The minimum atomic E-state index is -1.76. The molecule has 130 heavy (non-hydrogen) atoms. The minimum absolute atomic E-state index is 0.00199. The van der Waals surface area contributed by atoms with Gasteiger partial charge in [0.1, 0.15) is 90.3 Å². The zero-order valence-corrected chi connectivity index (χ0v) is 76.9. The second-order valence-corrected chi connectivity index (χ2v) is 36.5. The van der Waals surface area contributed by atoms with Crippen molar-refractivity contribution in [2.75, 3.05) is 58.8 Å². The van der Waals surface area contributed by atoms with E-state index in [-0.39, 0.29) is 94.6 Å². The number of rotatable bonds is 22. The summed E-state index contributed by atoms with van der Waals surface area (Å²) in [5, 5.41) is 49.9. The van der Waals surface area contributed by atoms with Gasteiger partial charge in [0.05, 0.1) is 24.8 Å². The van der Waals surface area contributed by atoms with Crippen molar-refractivity contribution in [3.8, 4) is 5.75 Å². The van der Waals surface area contributed by atoms with Crippen molar-refractivity contribution in [2.24, 2.45) is 28.5 Å². The number of hydrogen-bond donors (Lipinski definition) is 17. The molecule has 0 saturated carbocycles. The number of carbonyl (C=O) groups is 17. The van der Waals surface area contributed by atoms with Gasteiger partial charge in [-0.25, -0.2) is 0 Å². The number of fused-ring (bicyclic) bond motifs is 4. The van der Waals surface area contributed by atoms with Crippen LogP contribution in [0.4, 0.5) is 0 Å². The molecule has 5 aromatic rings. The normalized spacial score (nSPS) is 25.5. The van der Waals surface area contributed by atoms with Crippen LogP contribution in [0.3, 0.4) is 0 Å². The molecule has 40 heteroatoms. The predicted octanol–water partition coefficient (Wildman–Crippen LogP) is -0.345. The number of primary amides is 2. The van der Waals surface area contributed by atoms with Gasteiger partial charge in [-0.15, -0.1) is 11.8 Å². The molecule has 0 spiro atoms. The first-order valence-electron chi connectivity index (χ1n) is 44.4.